The molecule has 15 nitrogen and oxygen atoms in total. The summed E-state index contributed by atoms with van der Waals surface area (Å²) in [5, 5.41) is 16.2. The lowest BCUT2D eigenvalue weighted by Gasteiger charge is -2.37. The van der Waals surface area contributed by atoms with Gasteiger partial charge in [0.2, 0.25) is 0 Å². The van der Waals surface area contributed by atoms with Crippen LogP contribution in [-0.4, -0.2) is 124 Å². The van der Waals surface area contributed by atoms with Crippen molar-refractivity contribution in [3.63, 3.8) is 0 Å². The molecule has 15 heteroatoms. The molecule has 1 aromatic carbocycles. The van der Waals surface area contributed by atoms with Gasteiger partial charge in [0.1, 0.15) is 29.8 Å². The molecule has 1 unspecified atom stereocenters. The van der Waals surface area contributed by atoms with Crippen LogP contribution in [0, 0.1) is 0 Å². The van der Waals surface area contributed by atoms with Gasteiger partial charge in [0, 0.05) is 70.0 Å². The molecule has 0 spiro atoms. The quantitative estimate of drug-likeness (QED) is 0.226. The average molecular weight is 641 g/mol. The Labute approximate surface area is 270 Å². The first-order valence-corrected chi connectivity index (χ1v) is 15.6. The Kier molecular flexibility index (Phi) is 8.30. The van der Waals surface area contributed by atoms with Gasteiger partial charge in [-0.1, -0.05) is 0 Å². The number of nitrogens with one attached hydrogen (secondary N) is 2. The molecule has 7 rings (SSSR count). The lowest BCUT2D eigenvalue weighted by Crippen LogP contribution is -2.56. The fourth-order valence-corrected chi connectivity index (χ4v) is 6.04. The Hall–Kier alpha value is -5.28. The normalized spacial score (nSPS) is 16.8. The van der Waals surface area contributed by atoms with Gasteiger partial charge in [-0.15, -0.1) is 0 Å². The van der Waals surface area contributed by atoms with Crippen molar-refractivity contribution in [1.82, 2.24) is 44.5 Å². The number of carbonyl (C=O) groups excluding carboxylic acids is 2. The number of fused-ring (bicyclic) bond motifs is 3. The van der Waals surface area contributed by atoms with Crippen molar-refractivity contribution in [3.05, 3.63) is 54.7 Å². The van der Waals surface area contributed by atoms with Crippen LogP contribution in [0.1, 0.15) is 17.4 Å². The van der Waals surface area contributed by atoms with E-state index in [1.54, 1.807) is 41.8 Å². The van der Waals surface area contributed by atoms with Gasteiger partial charge in [-0.25, -0.2) is 14.2 Å². The number of hydrogen-bond donors (Lipinski definition) is 2. The minimum Gasteiger partial charge on any atom is -0.494 e. The monoisotopic (exact) mass is 640 g/mol. The van der Waals surface area contributed by atoms with Crippen LogP contribution in [0.5, 0.6) is 11.5 Å². The predicted octanol–water partition coefficient (Wildman–Crippen LogP) is 1.85. The summed E-state index contributed by atoms with van der Waals surface area (Å²) in [6.07, 6.45) is 6.90. The van der Waals surface area contributed by atoms with E-state index in [1.807, 2.05) is 42.4 Å². The Morgan fingerprint density at radius 3 is 2.91 bits per heavy atom. The number of hydrogen-bond acceptors (Lipinski definition) is 12. The molecule has 47 heavy (non-hydrogen) atoms. The third-order valence-electron chi connectivity index (χ3n) is 8.52. The highest BCUT2D eigenvalue weighted by Gasteiger charge is 2.31. The summed E-state index contributed by atoms with van der Waals surface area (Å²) in [5.74, 6) is 0.648. The molecule has 244 valence electrons. The second-order valence-corrected chi connectivity index (χ2v) is 11.4. The van der Waals surface area contributed by atoms with E-state index in [0.717, 1.165) is 24.3 Å². The number of nitrogens with zero attached hydrogens (tertiary/aromatic N) is 8. The molecular formula is C32H36N10O5. The van der Waals surface area contributed by atoms with Crippen LogP contribution in [-0.2, 0) is 9.53 Å². The molecule has 6 heterocycles. The molecule has 2 N–H and O–H groups in total. The number of carbonyl (C=O) groups is 2. The number of methoxy groups -OCH3 is 1. The number of amides is 1. The summed E-state index contributed by atoms with van der Waals surface area (Å²) in [6, 6.07) is 7.07. The smallest absolute Gasteiger partial charge is 0.324 e. The largest absolute Gasteiger partial charge is 0.494 e. The van der Waals surface area contributed by atoms with E-state index in [9.17, 15) is 9.59 Å². The maximum Gasteiger partial charge on any atom is 0.324 e. The summed E-state index contributed by atoms with van der Waals surface area (Å²) >= 11 is 0. The van der Waals surface area contributed by atoms with E-state index < -0.39 is 0 Å². The molecule has 1 fully saturated rings. The van der Waals surface area contributed by atoms with E-state index in [4.69, 9.17) is 24.3 Å². The second-order valence-electron chi connectivity index (χ2n) is 11.4. The lowest BCUT2D eigenvalue weighted by molar-refractivity contribution is -0.151. The number of esters is 1. The number of aromatic nitrogens is 6. The van der Waals surface area contributed by atoms with Crippen LogP contribution in [0.15, 0.2) is 49.1 Å². The molecular weight excluding hydrogens is 604 g/mol. The van der Waals surface area contributed by atoms with Gasteiger partial charge in [0.05, 0.1) is 47.8 Å². The van der Waals surface area contributed by atoms with E-state index in [2.05, 4.69) is 25.6 Å². The van der Waals surface area contributed by atoms with Crippen molar-refractivity contribution in [2.24, 2.45) is 0 Å². The second kappa shape index (κ2) is 12.8. The summed E-state index contributed by atoms with van der Waals surface area (Å²) in [5.41, 5.74) is 4.32. The summed E-state index contributed by atoms with van der Waals surface area (Å²) < 4.78 is 20.3. The number of pyridine rings is 1. The highest BCUT2D eigenvalue weighted by molar-refractivity contribution is 6.05. The van der Waals surface area contributed by atoms with Crippen LogP contribution in [0.2, 0.25) is 0 Å². The van der Waals surface area contributed by atoms with Crippen molar-refractivity contribution < 1.29 is 23.8 Å². The molecule has 4 aromatic heterocycles. The number of anilines is 1. The molecule has 0 radical (unpaired) electrons. The fraction of sp³-hybridized carbons (Fsp3) is 0.375. The van der Waals surface area contributed by atoms with Crippen molar-refractivity contribution >= 4 is 34.1 Å². The Morgan fingerprint density at radius 2 is 2.06 bits per heavy atom. The zero-order valence-corrected chi connectivity index (χ0v) is 26.5. The van der Waals surface area contributed by atoms with Crippen molar-refractivity contribution in [2.75, 3.05) is 72.0 Å². The molecule has 0 saturated carbocycles. The maximum absolute atomic E-state index is 13.7. The molecule has 5 aromatic rings. The Balaban J connectivity index is 1.21. The summed E-state index contributed by atoms with van der Waals surface area (Å²) in [4.78, 5) is 39.5. The zero-order valence-electron chi connectivity index (χ0n) is 26.5. The number of likely N-dealkylation sites (N-methyl/N-ethyl adjacent to an activating group) is 1. The van der Waals surface area contributed by atoms with E-state index in [1.165, 1.54) is 0 Å². The standard InChI is InChI=1S/C32H36N10O5/c1-4-46-32(44)26-19-40(12-11-39(26)2)10-7-35-31(43)29-21-17-36-22(20-18-37-41-9-5-6-34-30(20)41)14-24(21)42(38-29)25-16-27-23(15-28(25)45-3)33-8-13-47-27/h5-6,9,14-18,26,33H,4,7-8,10-13,19H2,1-3H3,(H,35,43). The first-order valence-electron chi connectivity index (χ1n) is 15.6. The zero-order chi connectivity index (χ0) is 32.5. The minimum absolute atomic E-state index is 0.221. The highest BCUT2D eigenvalue weighted by atomic mass is 16.5. The number of piperazine rings is 1. The van der Waals surface area contributed by atoms with Crippen LogP contribution in [0.4, 0.5) is 5.69 Å². The predicted molar refractivity (Wildman–Crippen MR) is 173 cm³/mol. The molecule has 0 aliphatic carbocycles. The molecule has 2 aliphatic heterocycles. The van der Waals surface area contributed by atoms with Crippen molar-refractivity contribution in [1.29, 1.82) is 0 Å². The number of ether oxygens (including phenoxy) is 3. The Morgan fingerprint density at radius 1 is 1.17 bits per heavy atom. The SMILES string of the molecule is CCOC(=O)C1CN(CCNC(=O)c2nn(-c3cc4c(cc3OC)NCCO4)c3cc(-c4cnn5cccnc45)ncc23)CCN1C. The van der Waals surface area contributed by atoms with Crippen LogP contribution in [0.3, 0.4) is 0 Å². The molecule has 1 amide bonds. The van der Waals surface area contributed by atoms with Gasteiger partial charge in [0.15, 0.2) is 11.3 Å². The van der Waals surface area contributed by atoms with Gasteiger partial charge in [0.25, 0.3) is 5.91 Å². The van der Waals surface area contributed by atoms with Gasteiger partial charge in [-0.05, 0) is 26.1 Å². The van der Waals surface area contributed by atoms with Crippen LogP contribution >= 0.6 is 0 Å². The molecule has 2 aliphatic rings. The third-order valence-corrected chi connectivity index (χ3v) is 8.52. The van der Waals surface area contributed by atoms with Gasteiger partial charge in [-0.3, -0.25) is 24.4 Å². The molecule has 1 saturated heterocycles. The number of rotatable bonds is 9. The Bertz CT molecular complexity index is 1960. The van der Waals surface area contributed by atoms with Crippen molar-refractivity contribution in [3.8, 4) is 28.4 Å². The van der Waals surface area contributed by atoms with Gasteiger partial charge in [-0.2, -0.15) is 10.2 Å². The third kappa shape index (κ3) is 5.79. The lowest BCUT2D eigenvalue weighted by atomic mass is 10.1. The highest BCUT2D eigenvalue weighted by Crippen LogP contribution is 2.38. The number of benzene rings is 1. The summed E-state index contributed by atoms with van der Waals surface area (Å²) in [6.45, 7) is 6.33. The van der Waals surface area contributed by atoms with Gasteiger partial charge < -0.3 is 24.8 Å². The van der Waals surface area contributed by atoms with E-state index >= 15 is 0 Å². The first kappa shape index (κ1) is 30.4. The summed E-state index contributed by atoms with van der Waals surface area (Å²) in [7, 11) is 3.52. The van der Waals surface area contributed by atoms with E-state index in [-0.39, 0.29) is 23.6 Å². The first-order chi connectivity index (χ1) is 22.9. The van der Waals surface area contributed by atoms with Crippen molar-refractivity contribution in [2.45, 2.75) is 13.0 Å². The molecule has 0 bridgehead atoms. The maximum atomic E-state index is 13.7. The van der Waals surface area contributed by atoms with E-state index in [0.29, 0.717) is 78.8 Å². The molecule has 1 atom stereocenters. The topological polar surface area (TPSA) is 153 Å². The van der Waals surface area contributed by atoms with Crippen LogP contribution in [0.25, 0.3) is 33.5 Å². The van der Waals surface area contributed by atoms with Gasteiger partial charge >= 0.3 is 5.97 Å². The van der Waals surface area contributed by atoms with Crippen LogP contribution < -0.4 is 20.1 Å². The minimum atomic E-state index is -0.341. The average Bonchev–Trinajstić information content (AvgIpc) is 3.70. The fourth-order valence-electron chi connectivity index (χ4n) is 6.04.